The Labute approximate surface area is 131 Å². The fourth-order valence-corrected chi connectivity index (χ4v) is 2.38. The van der Waals surface area contributed by atoms with Crippen LogP contribution in [0.15, 0.2) is 41.4 Å². The van der Waals surface area contributed by atoms with Crippen molar-refractivity contribution < 1.29 is 14.7 Å². The predicted octanol–water partition coefficient (Wildman–Crippen LogP) is 3.02. The smallest absolute Gasteiger partial charge is 0.261 e. The SMILES string of the molecule is CN1C(=O)c2ccc(N=Cc3cc(Cl)ccc3O)cc2C1=O. The van der Waals surface area contributed by atoms with Gasteiger partial charge in [-0.15, -0.1) is 0 Å². The fraction of sp³-hybridized carbons (Fsp3) is 0.0625. The molecule has 2 aromatic rings. The number of hydrogen-bond acceptors (Lipinski definition) is 4. The molecule has 110 valence electrons. The van der Waals surface area contributed by atoms with Crippen LogP contribution in [0.1, 0.15) is 26.3 Å². The Balaban J connectivity index is 1.95. The maximum absolute atomic E-state index is 11.9. The number of halogens is 1. The first-order valence-electron chi connectivity index (χ1n) is 6.46. The number of aliphatic imine (C=N–C) groups is 1. The Morgan fingerprint density at radius 2 is 1.82 bits per heavy atom. The van der Waals surface area contributed by atoms with Gasteiger partial charge in [-0.3, -0.25) is 19.5 Å². The maximum Gasteiger partial charge on any atom is 0.261 e. The number of fused-ring (bicyclic) bond motifs is 1. The average molecular weight is 315 g/mol. The largest absolute Gasteiger partial charge is 0.507 e. The van der Waals surface area contributed by atoms with E-state index in [0.29, 0.717) is 27.4 Å². The summed E-state index contributed by atoms with van der Waals surface area (Å²) >= 11 is 5.87. The molecule has 2 amide bonds. The molecule has 0 fully saturated rings. The van der Waals surface area contributed by atoms with E-state index in [9.17, 15) is 14.7 Å². The highest BCUT2D eigenvalue weighted by Gasteiger charge is 2.32. The molecule has 0 saturated carbocycles. The van der Waals surface area contributed by atoms with Gasteiger partial charge in [-0.1, -0.05) is 11.6 Å². The average Bonchev–Trinajstić information content (AvgIpc) is 2.73. The second-order valence-electron chi connectivity index (χ2n) is 4.86. The third-order valence-corrected chi connectivity index (χ3v) is 3.65. The third kappa shape index (κ3) is 2.35. The van der Waals surface area contributed by atoms with Gasteiger partial charge in [0.15, 0.2) is 0 Å². The van der Waals surface area contributed by atoms with Crippen molar-refractivity contribution in [1.29, 1.82) is 0 Å². The molecule has 6 heteroatoms. The number of phenols is 1. The Morgan fingerprint density at radius 3 is 2.59 bits per heavy atom. The van der Waals surface area contributed by atoms with Crippen LogP contribution < -0.4 is 0 Å². The van der Waals surface area contributed by atoms with Gasteiger partial charge in [0.1, 0.15) is 5.75 Å². The van der Waals surface area contributed by atoms with Gasteiger partial charge in [0.2, 0.25) is 0 Å². The zero-order valence-corrected chi connectivity index (χ0v) is 12.3. The maximum atomic E-state index is 11.9. The third-order valence-electron chi connectivity index (χ3n) is 3.42. The van der Waals surface area contributed by atoms with Crippen molar-refractivity contribution >= 4 is 35.3 Å². The van der Waals surface area contributed by atoms with Crippen LogP contribution in [-0.2, 0) is 0 Å². The molecule has 22 heavy (non-hydrogen) atoms. The van der Waals surface area contributed by atoms with Crippen LogP contribution in [0.2, 0.25) is 5.02 Å². The van der Waals surface area contributed by atoms with E-state index in [1.165, 1.54) is 19.3 Å². The Morgan fingerprint density at radius 1 is 1.09 bits per heavy atom. The van der Waals surface area contributed by atoms with Crippen LogP contribution in [0.25, 0.3) is 0 Å². The van der Waals surface area contributed by atoms with Crippen LogP contribution in [0.3, 0.4) is 0 Å². The summed E-state index contributed by atoms with van der Waals surface area (Å²) in [5.74, 6) is -0.606. The topological polar surface area (TPSA) is 70.0 Å². The van der Waals surface area contributed by atoms with Crippen LogP contribution in [0.5, 0.6) is 5.75 Å². The van der Waals surface area contributed by atoms with Gasteiger partial charge in [0.05, 0.1) is 16.8 Å². The normalized spacial score (nSPS) is 14.0. The molecule has 2 aromatic carbocycles. The van der Waals surface area contributed by atoms with E-state index in [-0.39, 0.29) is 17.6 Å². The van der Waals surface area contributed by atoms with Crippen LogP contribution in [0, 0.1) is 0 Å². The Hall–Kier alpha value is -2.66. The first kappa shape index (κ1) is 14.3. The number of carbonyl (C=O) groups excluding carboxylic acids is 2. The summed E-state index contributed by atoms with van der Waals surface area (Å²) < 4.78 is 0. The molecule has 1 aliphatic heterocycles. The number of aromatic hydroxyl groups is 1. The van der Waals surface area contributed by atoms with Gasteiger partial charge in [0.25, 0.3) is 11.8 Å². The highest BCUT2D eigenvalue weighted by atomic mass is 35.5. The van der Waals surface area contributed by atoms with Gasteiger partial charge in [-0.25, -0.2) is 0 Å². The van der Waals surface area contributed by atoms with Gasteiger partial charge in [0, 0.05) is 23.8 Å². The molecule has 0 aliphatic carbocycles. The second-order valence-corrected chi connectivity index (χ2v) is 5.30. The lowest BCUT2D eigenvalue weighted by molar-refractivity contribution is 0.0693. The Kier molecular flexibility index (Phi) is 3.42. The van der Waals surface area contributed by atoms with E-state index in [2.05, 4.69) is 4.99 Å². The number of carbonyl (C=O) groups is 2. The van der Waals surface area contributed by atoms with E-state index in [1.807, 2.05) is 0 Å². The van der Waals surface area contributed by atoms with Gasteiger partial charge >= 0.3 is 0 Å². The minimum Gasteiger partial charge on any atom is -0.507 e. The standard InChI is InChI=1S/C16H11ClN2O3/c1-19-15(21)12-4-3-11(7-13(12)16(19)22)18-8-9-6-10(17)2-5-14(9)20/h2-8,20H,1H3. The summed E-state index contributed by atoms with van der Waals surface area (Å²) in [6.07, 6.45) is 1.45. The van der Waals surface area contributed by atoms with E-state index < -0.39 is 0 Å². The van der Waals surface area contributed by atoms with E-state index in [0.717, 1.165) is 4.90 Å². The number of nitrogens with zero attached hydrogens (tertiary/aromatic N) is 2. The molecule has 5 nitrogen and oxygen atoms in total. The van der Waals surface area contributed by atoms with Crippen molar-refractivity contribution in [3.8, 4) is 5.75 Å². The highest BCUT2D eigenvalue weighted by molar-refractivity contribution is 6.31. The van der Waals surface area contributed by atoms with Crippen molar-refractivity contribution in [2.45, 2.75) is 0 Å². The quantitative estimate of drug-likeness (QED) is 0.684. The summed E-state index contributed by atoms with van der Waals surface area (Å²) in [6.45, 7) is 0. The summed E-state index contributed by atoms with van der Waals surface area (Å²) in [4.78, 5) is 29.0. The molecular formula is C16H11ClN2O3. The Bertz CT molecular complexity index is 830. The number of amides is 2. The number of imide groups is 1. The minimum absolute atomic E-state index is 0.0558. The zero-order chi connectivity index (χ0) is 15.9. The monoisotopic (exact) mass is 314 g/mol. The second kappa shape index (κ2) is 5.27. The summed E-state index contributed by atoms with van der Waals surface area (Å²) in [7, 11) is 1.44. The number of hydrogen-bond donors (Lipinski definition) is 1. The summed E-state index contributed by atoms with van der Waals surface area (Å²) in [5, 5.41) is 10.2. The molecule has 1 aliphatic rings. The number of benzene rings is 2. The van der Waals surface area contributed by atoms with E-state index in [1.54, 1.807) is 30.3 Å². The minimum atomic E-state index is -0.345. The molecule has 3 rings (SSSR count). The van der Waals surface area contributed by atoms with Gasteiger partial charge in [-0.05, 0) is 36.4 Å². The molecule has 1 N–H and O–H groups in total. The molecule has 1 heterocycles. The van der Waals surface area contributed by atoms with Crippen LogP contribution in [0.4, 0.5) is 5.69 Å². The lowest BCUT2D eigenvalue weighted by Gasteiger charge is -2.02. The zero-order valence-electron chi connectivity index (χ0n) is 11.6. The highest BCUT2D eigenvalue weighted by Crippen LogP contribution is 2.26. The van der Waals surface area contributed by atoms with Crippen molar-refractivity contribution in [3.05, 3.63) is 58.1 Å². The molecule has 0 spiro atoms. The lowest BCUT2D eigenvalue weighted by Crippen LogP contribution is -2.24. The predicted molar refractivity (Wildman–Crippen MR) is 83.2 cm³/mol. The first-order chi connectivity index (χ1) is 10.5. The number of phenolic OH excluding ortho intramolecular Hbond substituents is 1. The fourth-order valence-electron chi connectivity index (χ4n) is 2.20. The number of rotatable bonds is 2. The van der Waals surface area contributed by atoms with Crippen LogP contribution in [-0.4, -0.2) is 35.1 Å². The molecule has 0 unspecified atom stereocenters. The molecule has 0 aromatic heterocycles. The van der Waals surface area contributed by atoms with Gasteiger partial charge in [-0.2, -0.15) is 0 Å². The van der Waals surface area contributed by atoms with Gasteiger partial charge < -0.3 is 5.11 Å². The van der Waals surface area contributed by atoms with Crippen molar-refractivity contribution in [2.75, 3.05) is 7.05 Å². The molecular weight excluding hydrogens is 304 g/mol. The summed E-state index contributed by atoms with van der Waals surface area (Å²) in [5.41, 5.74) is 1.68. The molecule has 0 atom stereocenters. The molecule has 0 radical (unpaired) electrons. The van der Waals surface area contributed by atoms with E-state index in [4.69, 9.17) is 11.6 Å². The first-order valence-corrected chi connectivity index (χ1v) is 6.84. The molecule has 0 saturated heterocycles. The van der Waals surface area contributed by atoms with Crippen molar-refractivity contribution in [2.24, 2.45) is 4.99 Å². The molecule has 0 bridgehead atoms. The summed E-state index contributed by atoms with van der Waals surface area (Å²) in [6, 6.07) is 9.39. The van der Waals surface area contributed by atoms with E-state index >= 15 is 0 Å². The van der Waals surface area contributed by atoms with Crippen LogP contribution >= 0.6 is 11.6 Å². The lowest BCUT2D eigenvalue weighted by atomic mass is 10.1. The van der Waals surface area contributed by atoms with Crippen molar-refractivity contribution in [1.82, 2.24) is 4.90 Å². The van der Waals surface area contributed by atoms with Crippen molar-refractivity contribution in [3.63, 3.8) is 0 Å².